The van der Waals surface area contributed by atoms with Gasteiger partial charge in [-0.1, -0.05) is 91.0 Å². The Kier molecular flexibility index (Phi) is 9.27. The molecule has 2 aliphatic heterocycles. The van der Waals surface area contributed by atoms with Crippen LogP contribution in [0.5, 0.6) is 11.5 Å². The summed E-state index contributed by atoms with van der Waals surface area (Å²) in [7, 11) is -2.09. The van der Waals surface area contributed by atoms with Crippen LogP contribution in [-0.2, 0) is 17.7 Å². The summed E-state index contributed by atoms with van der Waals surface area (Å²) in [5.41, 5.74) is 5.31. The van der Waals surface area contributed by atoms with Gasteiger partial charge in [0.05, 0.1) is 12.6 Å². The van der Waals surface area contributed by atoms with Gasteiger partial charge < -0.3 is 19.1 Å². The van der Waals surface area contributed by atoms with Crippen LogP contribution in [0.1, 0.15) is 47.6 Å². The number of nitrogens with zero attached hydrogens (tertiary/aromatic N) is 3. The predicted molar refractivity (Wildman–Crippen MR) is 176 cm³/mol. The third-order valence-electron chi connectivity index (χ3n) is 8.13. The number of amidine groups is 1. The number of para-hydroxylation sites is 2. The van der Waals surface area contributed by atoms with E-state index in [1.54, 1.807) is 24.3 Å². The number of hydrogen-bond acceptors (Lipinski definition) is 5. The van der Waals surface area contributed by atoms with Crippen molar-refractivity contribution in [1.82, 2.24) is 9.80 Å². The van der Waals surface area contributed by atoms with Gasteiger partial charge in [0.1, 0.15) is 17.3 Å². The summed E-state index contributed by atoms with van der Waals surface area (Å²) in [6.07, 6.45) is 5.21. The van der Waals surface area contributed by atoms with E-state index in [-0.39, 0.29) is 12.6 Å². The lowest BCUT2D eigenvalue weighted by Crippen LogP contribution is -2.34. The Hall–Kier alpha value is -4.16. The van der Waals surface area contributed by atoms with E-state index in [9.17, 15) is 9.67 Å². The maximum atomic E-state index is 14.4. The lowest BCUT2D eigenvalue weighted by molar-refractivity contribution is 0.282. The zero-order valence-corrected chi connectivity index (χ0v) is 25.9. The van der Waals surface area contributed by atoms with Crippen LogP contribution in [0.2, 0.25) is 0 Å². The number of likely N-dealkylation sites (N-methyl/N-ethyl adjacent to an activating group) is 1. The molecule has 0 amide bonds. The molecule has 6 rings (SSSR count). The SMILES string of the molecule is CN1/C(=N\P(=O)(Oc2ccccc2)Oc2ccccc2)CC(c2ccc(CO)cc2)=CC1c1ccc(CN2CCCC2)cc1. The van der Waals surface area contributed by atoms with Gasteiger partial charge in [-0.3, -0.25) is 4.90 Å². The van der Waals surface area contributed by atoms with Gasteiger partial charge in [0, 0.05) is 20.0 Å². The summed E-state index contributed by atoms with van der Waals surface area (Å²) < 4.78 is 31.2. The van der Waals surface area contributed by atoms with E-state index in [2.05, 4.69) is 40.1 Å². The lowest BCUT2D eigenvalue weighted by Gasteiger charge is -2.35. The maximum Gasteiger partial charge on any atom is 0.564 e. The normalized spacial score (nSPS) is 18.3. The van der Waals surface area contributed by atoms with Crippen molar-refractivity contribution < 1.29 is 18.7 Å². The first-order valence-electron chi connectivity index (χ1n) is 15.1. The van der Waals surface area contributed by atoms with Crippen LogP contribution in [0.3, 0.4) is 0 Å². The summed E-state index contributed by atoms with van der Waals surface area (Å²) in [6, 6.07) is 34.5. The first-order chi connectivity index (χ1) is 21.5. The van der Waals surface area contributed by atoms with Crippen molar-refractivity contribution in [3.63, 3.8) is 0 Å². The van der Waals surface area contributed by atoms with E-state index in [4.69, 9.17) is 13.8 Å². The molecule has 226 valence electrons. The molecule has 1 unspecified atom stereocenters. The number of aliphatic hydroxyl groups is 1. The fourth-order valence-electron chi connectivity index (χ4n) is 5.71. The smallest absolute Gasteiger partial charge is 0.399 e. The quantitative estimate of drug-likeness (QED) is 0.185. The Morgan fingerprint density at radius 1 is 0.795 bits per heavy atom. The molecule has 0 aliphatic carbocycles. The molecule has 8 heteroatoms. The summed E-state index contributed by atoms with van der Waals surface area (Å²) in [6.45, 7) is 3.26. The third-order valence-corrected chi connectivity index (χ3v) is 9.49. The molecule has 1 fully saturated rings. The first-order valence-corrected chi connectivity index (χ1v) is 16.6. The van der Waals surface area contributed by atoms with E-state index < -0.39 is 7.75 Å². The summed E-state index contributed by atoms with van der Waals surface area (Å²) in [4.78, 5) is 4.55. The second-order valence-electron chi connectivity index (χ2n) is 11.3. The highest BCUT2D eigenvalue weighted by atomic mass is 31.2. The van der Waals surface area contributed by atoms with Crippen molar-refractivity contribution in [2.24, 2.45) is 4.76 Å². The molecule has 4 aromatic carbocycles. The predicted octanol–water partition coefficient (Wildman–Crippen LogP) is 7.90. The Morgan fingerprint density at radius 2 is 1.36 bits per heavy atom. The van der Waals surface area contributed by atoms with Crippen molar-refractivity contribution in [2.75, 3.05) is 20.1 Å². The maximum absolute atomic E-state index is 14.4. The van der Waals surface area contributed by atoms with Gasteiger partial charge >= 0.3 is 7.75 Å². The van der Waals surface area contributed by atoms with Gasteiger partial charge in [-0.25, -0.2) is 4.57 Å². The minimum Gasteiger partial charge on any atom is -0.399 e. The van der Waals surface area contributed by atoms with Crippen molar-refractivity contribution in [2.45, 2.75) is 38.5 Å². The molecule has 7 nitrogen and oxygen atoms in total. The van der Waals surface area contributed by atoms with Crippen LogP contribution in [0.15, 0.2) is 120 Å². The molecule has 2 aliphatic rings. The van der Waals surface area contributed by atoms with Crippen LogP contribution in [0.4, 0.5) is 0 Å². The Balaban J connectivity index is 1.37. The van der Waals surface area contributed by atoms with Gasteiger partial charge in [-0.05, 0) is 78.0 Å². The zero-order chi connectivity index (χ0) is 30.4. The Bertz CT molecular complexity index is 1590. The van der Waals surface area contributed by atoms with E-state index >= 15 is 0 Å². The molecule has 0 bridgehead atoms. The molecule has 0 saturated carbocycles. The molecule has 1 N–H and O–H groups in total. The van der Waals surface area contributed by atoms with Gasteiger partial charge in [0.25, 0.3) is 0 Å². The summed E-state index contributed by atoms with van der Waals surface area (Å²) in [5, 5.41) is 9.59. The van der Waals surface area contributed by atoms with E-state index in [0.717, 1.165) is 41.9 Å². The largest absolute Gasteiger partial charge is 0.564 e. The van der Waals surface area contributed by atoms with Gasteiger partial charge in [-0.15, -0.1) is 4.76 Å². The fraction of sp³-hybridized carbons (Fsp3) is 0.250. The molecule has 1 saturated heterocycles. The average Bonchev–Trinajstić information content (AvgIpc) is 3.56. The van der Waals surface area contributed by atoms with Gasteiger partial charge in [-0.2, -0.15) is 0 Å². The van der Waals surface area contributed by atoms with Crippen LogP contribution >= 0.6 is 7.75 Å². The molecule has 44 heavy (non-hydrogen) atoms. The monoisotopic (exact) mass is 607 g/mol. The van der Waals surface area contributed by atoms with Crippen LogP contribution in [0, 0.1) is 0 Å². The highest BCUT2D eigenvalue weighted by molar-refractivity contribution is 7.53. The summed E-state index contributed by atoms with van der Waals surface area (Å²) >= 11 is 0. The standard InChI is InChI=1S/C36H38N3O4P/c1-38-35(31-20-14-28(15-21-31)26-39-22-8-9-23-39)24-32(30-18-16-29(27-40)17-19-30)25-36(38)37-44(41,42-33-10-4-2-5-11-33)43-34-12-6-3-7-13-34/h2-7,10-21,24,35,40H,8-9,22-23,25-27H2,1H3/b37-36-. The molecule has 0 spiro atoms. The number of hydrogen-bond donors (Lipinski definition) is 1. The first kappa shape index (κ1) is 29.9. The van der Waals surface area contributed by atoms with Gasteiger partial charge in [0.2, 0.25) is 0 Å². The minimum absolute atomic E-state index is 0.0159. The Labute approximate surface area is 259 Å². The number of likely N-dealkylation sites (tertiary alicyclic amines) is 1. The van der Waals surface area contributed by atoms with Gasteiger partial charge in [0.15, 0.2) is 0 Å². The Morgan fingerprint density at radius 3 is 1.93 bits per heavy atom. The molecule has 2 heterocycles. The number of benzene rings is 4. The van der Waals surface area contributed by atoms with Crippen molar-refractivity contribution in [3.05, 3.63) is 138 Å². The molecular formula is C36H38N3O4P. The molecule has 0 radical (unpaired) electrons. The summed E-state index contributed by atoms with van der Waals surface area (Å²) in [5.74, 6) is 1.42. The average molecular weight is 608 g/mol. The minimum atomic E-state index is -4.06. The van der Waals surface area contributed by atoms with E-state index in [1.165, 1.54) is 18.4 Å². The zero-order valence-electron chi connectivity index (χ0n) is 25.0. The third kappa shape index (κ3) is 7.31. The molecule has 4 aromatic rings. The van der Waals surface area contributed by atoms with E-state index in [0.29, 0.717) is 23.8 Å². The fourth-order valence-corrected chi connectivity index (χ4v) is 7.10. The highest BCUT2D eigenvalue weighted by Crippen LogP contribution is 2.51. The molecular weight excluding hydrogens is 569 g/mol. The van der Waals surface area contributed by atoms with Crippen LogP contribution < -0.4 is 9.05 Å². The van der Waals surface area contributed by atoms with Crippen molar-refractivity contribution in [1.29, 1.82) is 0 Å². The number of aliphatic hydroxyl groups excluding tert-OH is 1. The highest BCUT2D eigenvalue weighted by Gasteiger charge is 2.34. The van der Waals surface area contributed by atoms with Crippen molar-refractivity contribution >= 4 is 19.2 Å². The molecule has 0 aromatic heterocycles. The topological polar surface area (TPSA) is 74.6 Å². The lowest BCUT2D eigenvalue weighted by atomic mass is 9.91. The second-order valence-corrected chi connectivity index (χ2v) is 12.8. The van der Waals surface area contributed by atoms with Crippen LogP contribution in [0.25, 0.3) is 5.57 Å². The van der Waals surface area contributed by atoms with E-state index in [1.807, 2.05) is 67.7 Å². The van der Waals surface area contributed by atoms with Crippen molar-refractivity contribution in [3.8, 4) is 11.5 Å². The number of rotatable bonds is 10. The van der Waals surface area contributed by atoms with Crippen LogP contribution in [-0.4, -0.2) is 40.9 Å². The molecule has 1 atom stereocenters. The second kappa shape index (κ2) is 13.6.